The summed E-state index contributed by atoms with van der Waals surface area (Å²) >= 11 is 11.9. The van der Waals surface area contributed by atoms with Crippen molar-refractivity contribution in [3.8, 4) is 5.75 Å². The molecule has 0 radical (unpaired) electrons. The van der Waals surface area contributed by atoms with E-state index in [0.29, 0.717) is 17.6 Å². The number of para-hydroxylation sites is 1. The van der Waals surface area contributed by atoms with Crippen molar-refractivity contribution >= 4 is 47.1 Å². The van der Waals surface area contributed by atoms with E-state index in [2.05, 4.69) is 5.32 Å². The fourth-order valence-electron chi connectivity index (χ4n) is 1.91. The summed E-state index contributed by atoms with van der Waals surface area (Å²) in [5.74, 6) is -0.909. The maximum absolute atomic E-state index is 12.1. The van der Waals surface area contributed by atoms with Gasteiger partial charge in [-0.15, -0.1) is 0 Å². The van der Waals surface area contributed by atoms with E-state index in [0.717, 1.165) is 0 Å². The van der Waals surface area contributed by atoms with Gasteiger partial charge in [0.1, 0.15) is 12.0 Å². The molecular weight excluding hydrogens is 381 g/mol. The summed E-state index contributed by atoms with van der Waals surface area (Å²) in [7, 11) is 0. The van der Waals surface area contributed by atoms with Gasteiger partial charge in [0.2, 0.25) is 0 Å². The Balaban J connectivity index is 1.85. The summed E-state index contributed by atoms with van der Waals surface area (Å²) in [5, 5.41) is 3.06. The van der Waals surface area contributed by atoms with Gasteiger partial charge < -0.3 is 14.8 Å². The number of hydrogen-bond acceptors (Lipinski definition) is 5. The molecule has 0 saturated carbocycles. The van der Waals surface area contributed by atoms with E-state index in [-0.39, 0.29) is 22.3 Å². The molecule has 1 N–H and O–H groups in total. The normalized spacial score (nSPS) is 11.3. The molecule has 0 aliphatic heterocycles. The van der Waals surface area contributed by atoms with E-state index in [1.165, 1.54) is 6.92 Å². The number of carbonyl (C=O) groups excluding carboxylic acids is 3. The fraction of sp³-hybridized carbons (Fsp3) is 0.167. The number of ether oxygens (including phenoxy) is 2. The zero-order chi connectivity index (χ0) is 19.1. The zero-order valence-corrected chi connectivity index (χ0v) is 15.2. The Morgan fingerprint density at radius 2 is 1.73 bits per heavy atom. The van der Waals surface area contributed by atoms with E-state index in [1.54, 1.807) is 42.5 Å². The van der Waals surface area contributed by atoms with Gasteiger partial charge in [-0.3, -0.25) is 9.59 Å². The van der Waals surface area contributed by atoms with Crippen LogP contribution in [-0.2, 0) is 14.3 Å². The molecule has 0 saturated heterocycles. The minimum Gasteiger partial charge on any atom is -0.482 e. The average molecular weight is 396 g/mol. The first kappa shape index (κ1) is 19.8. The van der Waals surface area contributed by atoms with E-state index in [9.17, 15) is 14.4 Å². The molecule has 2 aromatic carbocycles. The van der Waals surface area contributed by atoms with Crippen LogP contribution in [0.5, 0.6) is 5.75 Å². The average Bonchev–Trinajstić information content (AvgIpc) is 2.63. The molecule has 26 heavy (non-hydrogen) atoms. The molecule has 8 heteroatoms. The van der Waals surface area contributed by atoms with Crippen molar-refractivity contribution in [1.29, 1.82) is 0 Å². The van der Waals surface area contributed by atoms with Crippen LogP contribution < -0.4 is 10.1 Å². The van der Waals surface area contributed by atoms with Crippen molar-refractivity contribution in [2.75, 3.05) is 11.9 Å². The molecule has 0 fully saturated rings. The molecule has 2 aromatic rings. The Hall–Kier alpha value is -2.57. The molecule has 0 bridgehead atoms. The molecule has 0 aliphatic rings. The lowest BCUT2D eigenvalue weighted by Crippen LogP contribution is -2.31. The van der Waals surface area contributed by atoms with Crippen LogP contribution in [0.4, 0.5) is 5.69 Å². The lowest BCUT2D eigenvalue weighted by atomic mass is 10.2. The molecule has 1 atom stereocenters. The molecule has 1 amide bonds. The maximum atomic E-state index is 12.1. The number of hydrogen-bond donors (Lipinski definition) is 1. The lowest BCUT2D eigenvalue weighted by Gasteiger charge is -2.15. The molecule has 136 valence electrons. The predicted octanol–water partition coefficient (Wildman–Crippen LogP) is 3.76. The monoisotopic (exact) mass is 395 g/mol. The molecular formula is C18H15Cl2NO5. The van der Waals surface area contributed by atoms with Crippen molar-refractivity contribution in [3.63, 3.8) is 0 Å². The minimum atomic E-state index is -1.07. The topological polar surface area (TPSA) is 81.7 Å². The number of nitrogens with one attached hydrogen (secondary N) is 1. The van der Waals surface area contributed by atoms with Gasteiger partial charge >= 0.3 is 5.97 Å². The van der Waals surface area contributed by atoms with E-state index in [4.69, 9.17) is 32.7 Å². The van der Waals surface area contributed by atoms with Gasteiger partial charge in [0, 0.05) is 5.56 Å². The Morgan fingerprint density at radius 1 is 1.12 bits per heavy atom. The largest absolute Gasteiger partial charge is 0.482 e. The molecule has 0 unspecified atom stereocenters. The second kappa shape index (κ2) is 9.22. The third kappa shape index (κ3) is 5.47. The summed E-state index contributed by atoms with van der Waals surface area (Å²) in [6.45, 7) is 1.03. The number of anilines is 1. The van der Waals surface area contributed by atoms with Gasteiger partial charge in [-0.1, -0.05) is 29.3 Å². The molecule has 0 heterocycles. The first-order valence-electron chi connectivity index (χ1n) is 7.53. The predicted molar refractivity (Wildman–Crippen MR) is 98.0 cm³/mol. The number of benzene rings is 2. The van der Waals surface area contributed by atoms with Gasteiger partial charge in [-0.05, 0) is 43.3 Å². The number of esters is 1. The highest BCUT2D eigenvalue weighted by molar-refractivity contribution is 6.39. The number of rotatable bonds is 7. The molecule has 2 rings (SSSR count). The summed E-state index contributed by atoms with van der Waals surface area (Å²) in [6.07, 6.45) is -0.375. The third-order valence-electron chi connectivity index (χ3n) is 3.26. The SMILES string of the molecule is C[C@@H](OC(=O)COc1ccc(C=O)cc1)C(=O)Nc1c(Cl)cccc1Cl. The molecule has 0 aromatic heterocycles. The van der Waals surface area contributed by atoms with Crippen LogP contribution in [-0.4, -0.2) is 30.9 Å². The van der Waals surface area contributed by atoms with Gasteiger partial charge in [-0.2, -0.15) is 0 Å². The third-order valence-corrected chi connectivity index (χ3v) is 3.89. The Bertz CT molecular complexity index is 787. The van der Waals surface area contributed by atoms with Crippen LogP contribution in [0.2, 0.25) is 10.0 Å². The van der Waals surface area contributed by atoms with Crippen molar-refractivity contribution in [2.24, 2.45) is 0 Å². The Labute approximate surface area is 160 Å². The zero-order valence-electron chi connectivity index (χ0n) is 13.7. The summed E-state index contributed by atoms with van der Waals surface area (Å²) in [5.41, 5.74) is 0.735. The van der Waals surface area contributed by atoms with E-state index < -0.39 is 18.0 Å². The second-order valence-electron chi connectivity index (χ2n) is 5.19. The van der Waals surface area contributed by atoms with Gasteiger partial charge in [0.25, 0.3) is 5.91 Å². The summed E-state index contributed by atoms with van der Waals surface area (Å²) in [6, 6.07) is 11.0. The number of halogens is 2. The van der Waals surface area contributed by atoms with Crippen molar-refractivity contribution in [1.82, 2.24) is 0 Å². The number of carbonyl (C=O) groups is 3. The van der Waals surface area contributed by atoms with Crippen molar-refractivity contribution in [2.45, 2.75) is 13.0 Å². The number of amides is 1. The van der Waals surface area contributed by atoms with Gasteiger partial charge in [0.05, 0.1) is 15.7 Å². The quantitative estimate of drug-likeness (QED) is 0.570. The molecule has 0 spiro atoms. The number of aldehydes is 1. The summed E-state index contributed by atoms with van der Waals surface area (Å²) < 4.78 is 10.3. The van der Waals surface area contributed by atoms with Crippen LogP contribution >= 0.6 is 23.2 Å². The minimum absolute atomic E-state index is 0.246. The lowest BCUT2D eigenvalue weighted by molar-refractivity contribution is -0.155. The van der Waals surface area contributed by atoms with Gasteiger partial charge in [-0.25, -0.2) is 4.79 Å². The molecule has 0 aliphatic carbocycles. The van der Waals surface area contributed by atoms with Crippen LogP contribution in [0.3, 0.4) is 0 Å². The fourth-order valence-corrected chi connectivity index (χ4v) is 2.40. The highest BCUT2D eigenvalue weighted by Gasteiger charge is 2.20. The van der Waals surface area contributed by atoms with E-state index in [1.807, 2.05) is 0 Å². The van der Waals surface area contributed by atoms with E-state index >= 15 is 0 Å². The Morgan fingerprint density at radius 3 is 2.31 bits per heavy atom. The van der Waals surface area contributed by atoms with Crippen LogP contribution in [0.25, 0.3) is 0 Å². The first-order valence-corrected chi connectivity index (χ1v) is 8.28. The highest BCUT2D eigenvalue weighted by atomic mass is 35.5. The van der Waals surface area contributed by atoms with Crippen LogP contribution in [0.15, 0.2) is 42.5 Å². The smallest absolute Gasteiger partial charge is 0.344 e. The Kier molecular flexibility index (Phi) is 7.00. The van der Waals surface area contributed by atoms with Gasteiger partial charge in [0.15, 0.2) is 12.7 Å². The van der Waals surface area contributed by atoms with Crippen LogP contribution in [0.1, 0.15) is 17.3 Å². The first-order chi connectivity index (χ1) is 12.4. The second-order valence-corrected chi connectivity index (χ2v) is 6.01. The standard InChI is InChI=1S/C18H15Cl2NO5/c1-11(18(24)21-17-14(19)3-2-4-15(17)20)26-16(23)10-25-13-7-5-12(9-22)6-8-13/h2-9,11H,10H2,1H3,(H,21,24)/t11-/m1/s1. The maximum Gasteiger partial charge on any atom is 0.344 e. The van der Waals surface area contributed by atoms with Crippen molar-refractivity contribution < 1.29 is 23.9 Å². The highest BCUT2D eigenvalue weighted by Crippen LogP contribution is 2.29. The summed E-state index contributed by atoms with van der Waals surface area (Å²) in [4.78, 5) is 34.5. The van der Waals surface area contributed by atoms with Crippen LogP contribution in [0, 0.1) is 0 Å². The molecule has 6 nitrogen and oxygen atoms in total. The van der Waals surface area contributed by atoms with Crippen molar-refractivity contribution in [3.05, 3.63) is 58.1 Å².